The van der Waals surface area contributed by atoms with E-state index in [4.69, 9.17) is 23.2 Å². The van der Waals surface area contributed by atoms with E-state index in [1.54, 1.807) is 29.1 Å². The van der Waals surface area contributed by atoms with Crippen LogP contribution >= 0.6 is 23.2 Å². The number of nitrogens with one attached hydrogen (secondary N) is 1. The predicted molar refractivity (Wildman–Crippen MR) is 110 cm³/mol. The molecule has 0 spiro atoms. The monoisotopic (exact) mass is 411 g/mol. The number of benzene rings is 1. The first-order chi connectivity index (χ1) is 13.6. The number of nitrogens with zero attached hydrogens (tertiary/aromatic N) is 4. The van der Waals surface area contributed by atoms with Gasteiger partial charge < -0.3 is 5.32 Å². The van der Waals surface area contributed by atoms with Gasteiger partial charge in [0, 0.05) is 35.6 Å². The van der Waals surface area contributed by atoms with Crippen LogP contribution in [0.3, 0.4) is 0 Å². The van der Waals surface area contributed by atoms with Crippen molar-refractivity contribution < 1.29 is 4.79 Å². The maximum Gasteiger partial charge on any atom is 0.244 e. The Kier molecular flexibility index (Phi) is 5.14. The standard InChI is InChI=1S/C20H15Cl2N5O/c21-15-4-6-16(7-5-15)27-13-14(12-24-27)11-23-19(28)9-8-17-20(22)25-18-3-1-2-10-26(17)18/h1-10,12-13H,11H2,(H,23,28)/b9-8+. The molecule has 4 aromatic rings. The molecule has 0 fully saturated rings. The van der Waals surface area contributed by atoms with Crippen LogP contribution in [-0.4, -0.2) is 25.1 Å². The number of carbonyl (C=O) groups is 1. The maximum absolute atomic E-state index is 12.2. The Labute approximate surface area is 171 Å². The van der Waals surface area contributed by atoms with Crippen molar-refractivity contribution >= 4 is 40.8 Å². The van der Waals surface area contributed by atoms with Crippen molar-refractivity contribution in [3.8, 4) is 5.69 Å². The molecule has 3 heterocycles. The minimum absolute atomic E-state index is 0.235. The second-order valence-electron chi connectivity index (χ2n) is 6.04. The summed E-state index contributed by atoms with van der Waals surface area (Å²) in [7, 11) is 0. The van der Waals surface area contributed by atoms with Crippen LogP contribution in [0.15, 0.2) is 67.1 Å². The van der Waals surface area contributed by atoms with Gasteiger partial charge >= 0.3 is 0 Å². The van der Waals surface area contributed by atoms with Crippen LogP contribution in [0.4, 0.5) is 0 Å². The Bertz CT molecular complexity index is 1160. The average molecular weight is 412 g/mol. The van der Waals surface area contributed by atoms with Gasteiger partial charge in [-0.2, -0.15) is 5.10 Å². The molecule has 1 amide bonds. The second kappa shape index (κ2) is 7.88. The molecular weight excluding hydrogens is 397 g/mol. The van der Waals surface area contributed by atoms with Gasteiger partial charge in [0.1, 0.15) is 5.65 Å². The number of carbonyl (C=O) groups excluding carboxylic acids is 1. The van der Waals surface area contributed by atoms with E-state index in [0.29, 0.717) is 22.4 Å². The second-order valence-corrected chi connectivity index (χ2v) is 6.83. The van der Waals surface area contributed by atoms with E-state index in [9.17, 15) is 4.79 Å². The highest BCUT2D eigenvalue weighted by molar-refractivity contribution is 6.31. The molecule has 1 N–H and O–H groups in total. The number of fused-ring (bicyclic) bond motifs is 1. The van der Waals surface area contributed by atoms with Gasteiger partial charge in [0.15, 0.2) is 5.15 Å². The third-order valence-corrected chi connectivity index (χ3v) is 4.64. The summed E-state index contributed by atoms with van der Waals surface area (Å²) < 4.78 is 3.55. The number of halogens is 2. The highest BCUT2D eigenvalue weighted by Crippen LogP contribution is 2.18. The lowest BCUT2D eigenvalue weighted by Gasteiger charge is -2.01. The van der Waals surface area contributed by atoms with Gasteiger partial charge in [-0.1, -0.05) is 29.3 Å². The first kappa shape index (κ1) is 18.3. The lowest BCUT2D eigenvalue weighted by Crippen LogP contribution is -2.19. The summed E-state index contributed by atoms with van der Waals surface area (Å²) in [6, 6.07) is 13.0. The van der Waals surface area contributed by atoms with Crippen molar-refractivity contribution in [3.05, 3.63) is 88.6 Å². The van der Waals surface area contributed by atoms with Gasteiger partial charge in [0.05, 0.1) is 17.6 Å². The molecule has 3 aromatic heterocycles. The molecule has 8 heteroatoms. The molecule has 0 aliphatic carbocycles. The number of aromatic nitrogens is 4. The molecule has 1 aromatic carbocycles. The van der Waals surface area contributed by atoms with E-state index < -0.39 is 0 Å². The molecule has 28 heavy (non-hydrogen) atoms. The summed E-state index contributed by atoms with van der Waals surface area (Å²) in [6.45, 7) is 0.359. The van der Waals surface area contributed by atoms with Crippen LogP contribution in [0.2, 0.25) is 10.2 Å². The highest BCUT2D eigenvalue weighted by Gasteiger charge is 2.07. The van der Waals surface area contributed by atoms with Gasteiger partial charge in [-0.25, -0.2) is 9.67 Å². The van der Waals surface area contributed by atoms with E-state index in [1.165, 1.54) is 6.08 Å². The molecule has 0 aliphatic heterocycles. The van der Waals surface area contributed by atoms with E-state index in [2.05, 4.69) is 15.4 Å². The van der Waals surface area contributed by atoms with Crippen molar-refractivity contribution in [2.24, 2.45) is 0 Å². The highest BCUT2D eigenvalue weighted by atomic mass is 35.5. The van der Waals surface area contributed by atoms with E-state index in [-0.39, 0.29) is 5.91 Å². The third kappa shape index (κ3) is 3.93. The molecular formula is C20H15Cl2N5O. The molecule has 0 saturated carbocycles. The summed E-state index contributed by atoms with van der Waals surface area (Å²) in [6.07, 6.45) is 8.49. The molecule has 0 saturated heterocycles. The summed E-state index contributed by atoms with van der Waals surface area (Å²) in [5.74, 6) is -0.235. The maximum atomic E-state index is 12.2. The first-order valence-corrected chi connectivity index (χ1v) is 9.24. The van der Waals surface area contributed by atoms with E-state index in [1.807, 2.05) is 47.1 Å². The van der Waals surface area contributed by atoms with Crippen LogP contribution < -0.4 is 5.32 Å². The Balaban J connectivity index is 1.40. The first-order valence-electron chi connectivity index (χ1n) is 8.48. The zero-order valence-electron chi connectivity index (χ0n) is 14.6. The Hall–Kier alpha value is -3.09. The number of imidazole rings is 1. The largest absolute Gasteiger partial charge is 0.348 e. The number of hydrogen-bond acceptors (Lipinski definition) is 3. The molecule has 0 unspecified atom stereocenters. The molecule has 6 nitrogen and oxygen atoms in total. The smallest absolute Gasteiger partial charge is 0.244 e. The van der Waals surface area contributed by atoms with Gasteiger partial charge in [-0.15, -0.1) is 0 Å². The normalized spacial score (nSPS) is 11.4. The molecule has 0 bridgehead atoms. The summed E-state index contributed by atoms with van der Waals surface area (Å²) in [5, 5.41) is 8.15. The summed E-state index contributed by atoms with van der Waals surface area (Å²) in [5.41, 5.74) is 3.15. The SMILES string of the molecule is O=C(/C=C/c1c(Cl)nc2ccccn12)NCc1cnn(-c2ccc(Cl)cc2)c1. The van der Waals surface area contributed by atoms with Crippen LogP contribution in [0.25, 0.3) is 17.4 Å². The quantitative estimate of drug-likeness (QED) is 0.501. The zero-order chi connectivity index (χ0) is 19.5. The molecule has 140 valence electrons. The topological polar surface area (TPSA) is 64.2 Å². The molecule has 0 aliphatic rings. The summed E-state index contributed by atoms with van der Waals surface area (Å²) in [4.78, 5) is 16.4. The van der Waals surface area contributed by atoms with Crippen molar-refractivity contribution in [1.82, 2.24) is 24.5 Å². The van der Waals surface area contributed by atoms with Gasteiger partial charge in [0.25, 0.3) is 0 Å². The van der Waals surface area contributed by atoms with E-state index >= 15 is 0 Å². The Morgan fingerprint density at radius 1 is 1.14 bits per heavy atom. The van der Waals surface area contributed by atoms with Crippen LogP contribution in [0.1, 0.15) is 11.3 Å². The summed E-state index contributed by atoms with van der Waals surface area (Å²) >= 11 is 12.1. The number of pyridine rings is 1. The van der Waals surface area contributed by atoms with Crippen LogP contribution in [0.5, 0.6) is 0 Å². The van der Waals surface area contributed by atoms with Crippen molar-refractivity contribution in [2.75, 3.05) is 0 Å². The Morgan fingerprint density at radius 2 is 1.96 bits per heavy atom. The fourth-order valence-corrected chi connectivity index (χ4v) is 3.09. The third-order valence-electron chi connectivity index (χ3n) is 4.11. The predicted octanol–water partition coefficient (Wildman–Crippen LogP) is 4.16. The fraction of sp³-hybridized carbons (Fsp3) is 0.0500. The molecule has 4 rings (SSSR count). The number of hydrogen-bond donors (Lipinski definition) is 1. The molecule has 0 atom stereocenters. The van der Waals surface area contributed by atoms with Crippen molar-refractivity contribution in [2.45, 2.75) is 6.54 Å². The lowest BCUT2D eigenvalue weighted by atomic mass is 10.3. The average Bonchev–Trinajstić information content (AvgIpc) is 3.29. The van der Waals surface area contributed by atoms with Crippen LogP contribution in [0, 0.1) is 0 Å². The Morgan fingerprint density at radius 3 is 2.79 bits per heavy atom. The zero-order valence-corrected chi connectivity index (χ0v) is 16.1. The van der Waals surface area contributed by atoms with Crippen LogP contribution in [-0.2, 0) is 11.3 Å². The van der Waals surface area contributed by atoms with Gasteiger partial charge in [-0.05, 0) is 42.5 Å². The van der Waals surface area contributed by atoms with Crippen molar-refractivity contribution in [3.63, 3.8) is 0 Å². The number of rotatable bonds is 5. The number of amides is 1. The van der Waals surface area contributed by atoms with E-state index in [0.717, 1.165) is 16.9 Å². The van der Waals surface area contributed by atoms with Gasteiger partial charge in [0.2, 0.25) is 5.91 Å². The minimum atomic E-state index is -0.235. The van der Waals surface area contributed by atoms with Crippen molar-refractivity contribution in [1.29, 1.82) is 0 Å². The minimum Gasteiger partial charge on any atom is -0.348 e. The van der Waals surface area contributed by atoms with Gasteiger partial charge in [-0.3, -0.25) is 9.20 Å². The molecule has 0 radical (unpaired) electrons. The lowest BCUT2D eigenvalue weighted by molar-refractivity contribution is -0.116. The fourth-order valence-electron chi connectivity index (χ4n) is 2.72.